The second kappa shape index (κ2) is 22.1. The predicted octanol–water partition coefficient (Wildman–Crippen LogP) is 8.64. The van der Waals surface area contributed by atoms with Gasteiger partial charge in [-0.15, -0.1) is 21.9 Å². The molecule has 392 valence electrons. The van der Waals surface area contributed by atoms with Gasteiger partial charge < -0.3 is 8.83 Å². The van der Waals surface area contributed by atoms with Crippen molar-refractivity contribution in [2.75, 3.05) is 0 Å². The summed E-state index contributed by atoms with van der Waals surface area (Å²) >= 11 is -0.775. The Hall–Kier alpha value is -7.91. The number of furan rings is 2. The molecule has 4 nitrogen and oxygen atoms in total. The molecule has 6 aromatic carbocycles. The Morgan fingerprint density at radius 2 is 0.539 bits per heavy atom. The number of allylic oxidation sites excluding steroid dienone is 2. The summed E-state index contributed by atoms with van der Waals surface area (Å²) in [6, 6.07) is 26.1. The SMILES string of the molecule is Fc1c(F)c(F)c([B-](c2c(F)c(F)c(F)c(F)c2F)(c2c(F)c(F)c(F)c(F)c2F)c2c(F)c(F)c(F)c(F)c2F)c(F)c1F.O=C(C=Cc1ccccc1)c1ccc([I+]c2ccc(C(=O)C=Cc3ccccc3)o2)o1. The molecule has 0 bridgehead atoms. The summed E-state index contributed by atoms with van der Waals surface area (Å²) in [4.78, 5) is 24.6. The van der Waals surface area contributed by atoms with Crippen LogP contribution in [0.5, 0.6) is 0 Å². The summed E-state index contributed by atoms with van der Waals surface area (Å²) in [5.41, 5.74) is -12.4. The molecule has 0 spiro atoms. The smallest absolute Gasteiger partial charge is 0.415 e. The molecule has 8 aromatic rings. The van der Waals surface area contributed by atoms with Crippen molar-refractivity contribution in [1.29, 1.82) is 0 Å². The highest BCUT2D eigenvalue weighted by molar-refractivity contribution is 7.20. The van der Waals surface area contributed by atoms with Gasteiger partial charge in [-0.25, -0.2) is 87.8 Å². The maximum Gasteiger partial charge on any atom is 0.443 e. The minimum atomic E-state index is -7.22. The second-order valence-corrected chi connectivity index (χ2v) is 18.0. The van der Waals surface area contributed by atoms with Gasteiger partial charge in [-0.3, -0.25) is 9.59 Å². The molecule has 0 atom stereocenters. The van der Waals surface area contributed by atoms with Gasteiger partial charge in [0, 0.05) is 12.1 Å². The molecule has 0 saturated carbocycles. The van der Waals surface area contributed by atoms with Gasteiger partial charge in [0.25, 0.3) is 0 Å². The van der Waals surface area contributed by atoms with E-state index in [-0.39, 0.29) is 23.1 Å². The summed E-state index contributed by atoms with van der Waals surface area (Å²) in [5, 5.41) is 0. The minimum Gasteiger partial charge on any atom is -0.415 e. The van der Waals surface area contributed by atoms with Crippen LogP contribution in [0.3, 0.4) is 0 Å². The van der Waals surface area contributed by atoms with Gasteiger partial charge in [0.1, 0.15) is 52.7 Å². The topological polar surface area (TPSA) is 60.4 Å². The van der Waals surface area contributed by atoms with Crippen LogP contribution in [0.2, 0.25) is 0 Å². The third-order valence-corrected chi connectivity index (χ3v) is 13.2. The third kappa shape index (κ3) is 9.91. The number of carbonyl (C=O) groups is 2. The van der Waals surface area contributed by atoms with Gasteiger partial charge in [0.05, 0.1) is 0 Å². The van der Waals surface area contributed by atoms with E-state index in [1.807, 2.05) is 60.7 Å². The van der Waals surface area contributed by atoms with E-state index in [0.717, 1.165) is 11.1 Å². The van der Waals surface area contributed by atoms with Crippen molar-refractivity contribution in [2.45, 2.75) is 0 Å². The van der Waals surface area contributed by atoms with Gasteiger partial charge in [-0.05, 0) is 35.4 Å². The van der Waals surface area contributed by atoms with Crippen LogP contribution in [0.15, 0.2) is 106 Å². The van der Waals surface area contributed by atoms with Gasteiger partial charge in [-0.2, -0.15) is 0 Å². The molecule has 76 heavy (non-hydrogen) atoms. The zero-order valence-corrected chi connectivity index (χ0v) is 38.7. The molecular weight excluding hydrogens is 1180 g/mol. The molecule has 0 N–H and O–H groups in total. The van der Waals surface area contributed by atoms with E-state index in [0.29, 0.717) is 7.53 Å². The molecule has 0 aliphatic heterocycles. The third-order valence-electron chi connectivity index (χ3n) is 11.0. The van der Waals surface area contributed by atoms with Gasteiger partial charge >= 0.3 is 28.7 Å². The zero-order valence-electron chi connectivity index (χ0n) is 36.5. The van der Waals surface area contributed by atoms with Crippen molar-refractivity contribution in [1.82, 2.24) is 0 Å². The summed E-state index contributed by atoms with van der Waals surface area (Å²) in [6.45, 7) is 0. The first-order valence-electron chi connectivity index (χ1n) is 20.5. The minimum absolute atomic E-state index is 0.194. The molecule has 0 unspecified atom stereocenters. The van der Waals surface area contributed by atoms with Crippen LogP contribution >= 0.6 is 0 Å². The molecule has 8 rings (SSSR count). The van der Waals surface area contributed by atoms with Crippen molar-refractivity contribution >= 4 is 51.7 Å². The van der Waals surface area contributed by atoms with E-state index in [1.165, 1.54) is 12.2 Å². The molecule has 0 saturated heterocycles. The van der Waals surface area contributed by atoms with E-state index >= 15 is 35.1 Å². The second-order valence-electron chi connectivity index (χ2n) is 15.3. The maximum absolute atomic E-state index is 15.4. The number of carbonyl (C=O) groups excluding carboxylic acids is 2. The highest BCUT2D eigenvalue weighted by Crippen LogP contribution is 2.31. The average Bonchev–Trinajstić information content (AvgIpc) is 4.24. The lowest BCUT2D eigenvalue weighted by Crippen LogP contribution is -3.61. The Labute approximate surface area is 421 Å². The molecule has 26 heteroatoms. The fraction of sp³-hybridized carbons (Fsp3) is 0. The first-order valence-corrected chi connectivity index (χ1v) is 22.7. The molecule has 0 radical (unpaired) electrons. The Balaban J connectivity index is 0.000000236. The number of rotatable bonds is 12. The van der Waals surface area contributed by atoms with Crippen LogP contribution in [-0.2, 0) is 0 Å². The van der Waals surface area contributed by atoms with Gasteiger partial charge in [0.2, 0.25) is 11.6 Å². The quantitative estimate of drug-likeness (QED) is 0.0234. The Morgan fingerprint density at radius 3 is 0.776 bits per heavy atom. The summed E-state index contributed by atoms with van der Waals surface area (Å²) in [7, 11) is 0. The van der Waals surface area contributed by atoms with Gasteiger partial charge in [-0.1, -0.05) is 72.8 Å². The van der Waals surface area contributed by atoms with Crippen LogP contribution in [0.25, 0.3) is 12.2 Å². The van der Waals surface area contributed by atoms with Crippen molar-refractivity contribution < 1.29 is 127 Å². The summed E-state index contributed by atoms with van der Waals surface area (Å²) < 4.78 is 307. The Kier molecular flexibility index (Phi) is 16.3. The standard InChI is InChI=1S/C26H18IO4.C24BF20/c28-21(13-11-19-7-3-1-4-8-19)23-15-17-25(30-23)27-26-18-16-24(31-26)22(29)14-12-20-9-5-2-6-10-20;26-5-1(6(27)14(35)21(42)13(5)34)25(2-7(28)15(36)22(43)16(37)8(2)29,3-9(30)17(38)23(44)18(39)10(3)31)4-11(32)19(40)24(45)20(41)12(4)33/h1-18H;/q+1;-1. The molecule has 0 amide bonds. The zero-order chi connectivity index (χ0) is 55.8. The Morgan fingerprint density at radius 1 is 0.316 bits per heavy atom. The molecule has 0 fully saturated rings. The fourth-order valence-electron chi connectivity index (χ4n) is 7.60. The highest BCUT2D eigenvalue weighted by atomic mass is 127. The van der Waals surface area contributed by atoms with Crippen molar-refractivity contribution in [2.24, 2.45) is 0 Å². The number of hydrogen-bond acceptors (Lipinski definition) is 4. The van der Waals surface area contributed by atoms with Crippen LogP contribution in [-0.4, -0.2) is 17.7 Å². The van der Waals surface area contributed by atoms with Crippen LogP contribution in [0, 0.1) is 124 Å². The van der Waals surface area contributed by atoms with Crippen LogP contribution < -0.4 is 43.1 Å². The lowest BCUT2D eigenvalue weighted by atomic mass is 9.12. The van der Waals surface area contributed by atoms with E-state index in [2.05, 4.69) is 0 Å². The van der Waals surface area contributed by atoms with E-state index in [1.54, 1.807) is 36.4 Å². The Bertz CT molecular complexity index is 3190. The monoisotopic (exact) mass is 1200 g/mol. The van der Waals surface area contributed by atoms with Crippen molar-refractivity contribution in [3.8, 4) is 0 Å². The number of ketones is 2. The largest absolute Gasteiger partial charge is 0.443 e. The highest BCUT2D eigenvalue weighted by Gasteiger charge is 2.52. The summed E-state index contributed by atoms with van der Waals surface area (Å²) in [5.74, 6) is -71.2. The number of hydrogen-bond donors (Lipinski definition) is 0. The maximum atomic E-state index is 15.4. The van der Waals surface area contributed by atoms with Crippen LogP contribution in [0.4, 0.5) is 87.8 Å². The first-order chi connectivity index (χ1) is 35.9. The van der Waals surface area contributed by atoms with Crippen molar-refractivity contribution in [3.05, 3.63) is 244 Å². The predicted molar refractivity (Wildman–Crippen MR) is 224 cm³/mol. The van der Waals surface area contributed by atoms with Crippen molar-refractivity contribution in [3.63, 3.8) is 0 Å². The normalized spacial score (nSPS) is 11.7. The molecule has 0 aliphatic carbocycles. The van der Waals surface area contributed by atoms with Gasteiger partial charge in [0.15, 0.2) is 81.3 Å². The van der Waals surface area contributed by atoms with E-state index in [4.69, 9.17) is 8.83 Å². The number of benzene rings is 6. The molecule has 2 aromatic heterocycles. The molecule has 2 heterocycles. The number of halogens is 21. The van der Waals surface area contributed by atoms with Crippen LogP contribution in [0.1, 0.15) is 32.2 Å². The molecular formula is C50H18BF20IO4. The lowest BCUT2D eigenvalue weighted by molar-refractivity contribution is -0.636. The lowest BCUT2D eigenvalue weighted by Gasteiger charge is -2.44. The fourth-order valence-corrected chi connectivity index (χ4v) is 9.54. The van der Waals surface area contributed by atoms with E-state index in [9.17, 15) is 62.3 Å². The van der Waals surface area contributed by atoms with E-state index < -0.39 is 166 Å². The molecule has 0 aliphatic rings. The first kappa shape index (κ1) is 55.8. The average molecular weight is 1200 g/mol. The summed E-state index contributed by atoms with van der Waals surface area (Å²) in [6.07, 6.45) is -0.705.